The second kappa shape index (κ2) is 7.53. The zero-order valence-electron chi connectivity index (χ0n) is 11.9. The van der Waals surface area contributed by atoms with Crippen molar-refractivity contribution < 1.29 is 9.13 Å². The number of allylic oxidation sites excluding steroid dienone is 1. The number of thiophene rings is 1. The summed E-state index contributed by atoms with van der Waals surface area (Å²) in [5, 5.41) is 4.02. The van der Waals surface area contributed by atoms with Gasteiger partial charge in [0.1, 0.15) is 5.82 Å². The third-order valence-electron chi connectivity index (χ3n) is 3.08. The lowest BCUT2D eigenvalue weighted by Gasteiger charge is -2.06. The van der Waals surface area contributed by atoms with E-state index < -0.39 is 0 Å². The number of halogens is 1. The molecule has 0 amide bonds. The minimum absolute atomic E-state index is 0.161. The van der Waals surface area contributed by atoms with Gasteiger partial charge in [0.2, 0.25) is 0 Å². The molecule has 108 valence electrons. The third kappa shape index (κ3) is 3.45. The minimum Gasteiger partial charge on any atom is -0.373 e. The molecule has 1 N–H and O–H groups in total. The van der Waals surface area contributed by atoms with Gasteiger partial charge in [-0.15, -0.1) is 11.3 Å². The predicted octanol–water partition coefficient (Wildman–Crippen LogP) is 4.24. The molecule has 0 saturated carbocycles. The summed E-state index contributed by atoms with van der Waals surface area (Å²) in [5.74, 6) is -0.161. The lowest BCUT2D eigenvalue weighted by molar-refractivity contribution is 0.149. The summed E-state index contributed by atoms with van der Waals surface area (Å²) in [7, 11) is 0. The summed E-state index contributed by atoms with van der Waals surface area (Å²) in [5.41, 5.74) is 0.980. The average molecular weight is 293 g/mol. The van der Waals surface area contributed by atoms with Gasteiger partial charge in [-0.25, -0.2) is 4.39 Å². The highest BCUT2D eigenvalue weighted by Crippen LogP contribution is 2.33. The average Bonchev–Trinajstić information content (AvgIpc) is 2.80. The number of hydrogen-bond donors (Lipinski definition) is 1. The topological polar surface area (TPSA) is 21.3 Å². The molecule has 2 aromatic rings. The van der Waals surface area contributed by atoms with Crippen LogP contribution in [-0.4, -0.2) is 13.2 Å². The zero-order chi connectivity index (χ0) is 14.4. The number of benzene rings is 1. The fourth-order valence-electron chi connectivity index (χ4n) is 2.08. The largest absolute Gasteiger partial charge is 0.373 e. The molecule has 0 fully saturated rings. The molecule has 2 rings (SSSR count). The van der Waals surface area contributed by atoms with Crippen molar-refractivity contribution >= 4 is 21.4 Å². The standard InChI is InChI=1S/C16H20FNOS/c1-3-5-9-19-11-12-15(10-18-4-2)20-14-8-6-7-13(17)16(12)14/h3,5-8,18H,4,9-11H2,1-2H3. The van der Waals surface area contributed by atoms with E-state index in [1.807, 2.05) is 25.1 Å². The summed E-state index contributed by atoms with van der Waals surface area (Å²) >= 11 is 1.64. The van der Waals surface area contributed by atoms with Crippen LogP contribution in [-0.2, 0) is 17.9 Å². The number of fused-ring (bicyclic) bond motifs is 1. The van der Waals surface area contributed by atoms with E-state index in [1.54, 1.807) is 17.4 Å². The first-order valence-corrected chi connectivity index (χ1v) is 7.68. The Hall–Kier alpha value is -1.23. The van der Waals surface area contributed by atoms with Gasteiger partial charge in [-0.3, -0.25) is 0 Å². The fourth-order valence-corrected chi connectivity index (χ4v) is 3.27. The second-order valence-corrected chi connectivity index (χ2v) is 5.62. The molecular weight excluding hydrogens is 273 g/mol. The molecule has 2 nitrogen and oxygen atoms in total. The van der Waals surface area contributed by atoms with Gasteiger partial charge in [0.25, 0.3) is 0 Å². The van der Waals surface area contributed by atoms with Crippen LogP contribution in [0.15, 0.2) is 30.4 Å². The summed E-state index contributed by atoms with van der Waals surface area (Å²) in [4.78, 5) is 1.16. The first-order chi connectivity index (χ1) is 9.77. The number of nitrogens with one attached hydrogen (secondary N) is 1. The van der Waals surface area contributed by atoms with Crippen LogP contribution in [0.2, 0.25) is 0 Å². The molecule has 0 bridgehead atoms. The lowest BCUT2D eigenvalue weighted by atomic mass is 10.1. The molecular formula is C16H20FNOS. The van der Waals surface area contributed by atoms with Crippen LogP contribution in [0.5, 0.6) is 0 Å². The second-order valence-electron chi connectivity index (χ2n) is 4.48. The van der Waals surface area contributed by atoms with Crippen molar-refractivity contribution in [3.63, 3.8) is 0 Å². The van der Waals surface area contributed by atoms with E-state index >= 15 is 0 Å². The van der Waals surface area contributed by atoms with E-state index in [-0.39, 0.29) is 5.82 Å². The molecule has 0 atom stereocenters. The Balaban J connectivity index is 2.30. The summed E-state index contributed by atoms with van der Waals surface area (Å²) in [6.07, 6.45) is 3.90. The van der Waals surface area contributed by atoms with E-state index in [9.17, 15) is 4.39 Å². The van der Waals surface area contributed by atoms with Crippen LogP contribution < -0.4 is 5.32 Å². The van der Waals surface area contributed by atoms with Crippen LogP contribution in [0.1, 0.15) is 24.3 Å². The maximum absolute atomic E-state index is 14.1. The Labute approximate surface area is 123 Å². The SMILES string of the molecule is CC=CCOCc1c(CNCC)sc2cccc(F)c12. The first-order valence-electron chi connectivity index (χ1n) is 6.86. The molecule has 0 aliphatic carbocycles. The van der Waals surface area contributed by atoms with Crippen LogP contribution in [0.25, 0.3) is 10.1 Å². The fraction of sp³-hybridized carbons (Fsp3) is 0.375. The van der Waals surface area contributed by atoms with Gasteiger partial charge >= 0.3 is 0 Å². The summed E-state index contributed by atoms with van der Waals surface area (Å²) < 4.78 is 20.7. The monoisotopic (exact) mass is 293 g/mol. The first kappa shape index (κ1) is 15.2. The molecule has 0 aliphatic rings. The molecule has 4 heteroatoms. The van der Waals surface area contributed by atoms with E-state index in [0.29, 0.717) is 18.6 Å². The molecule has 0 unspecified atom stereocenters. The third-order valence-corrected chi connectivity index (χ3v) is 4.28. The maximum Gasteiger partial charge on any atom is 0.132 e. The van der Waals surface area contributed by atoms with Crippen molar-refractivity contribution in [1.82, 2.24) is 5.32 Å². The maximum atomic E-state index is 14.1. The molecule has 0 spiro atoms. The highest BCUT2D eigenvalue weighted by Gasteiger charge is 2.15. The van der Waals surface area contributed by atoms with E-state index in [0.717, 1.165) is 28.2 Å². The molecule has 0 aliphatic heterocycles. The van der Waals surface area contributed by atoms with Crippen LogP contribution >= 0.6 is 11.3 Å². The van der Waals surface area contributed by atoms with Crippen LogP contribution in [0.3, 0.4) is 0 Å². The highest BCUT2D eigenvalue weighted by molar-refractivity contribution is 7.19. The van der Waals surface area contributed by atoms with E-state index in [1.165, 1.54) is 6.07 Å². The lowest BCUT2D eigenvalue weighted by Crippen LogP contribution is -2.12. The molecule has 0 radical (unpaired) electrons. The van der Waals surface area contributed by atoms with Crippen molar-refractivity contribution in [2.24, 2.45) is 0 Å². The molecule has 0 saturated heterocycles. The molecule has 1 aromatic carbocycles. The van der Waals surface area contributed by atoms with Gasteiger partial charge in [0.15, 0.2) is 0 Å². The minimum atomic E-state index is -0.161. The van der Waals surface area contributed by atoms with Crippen molar-refractivity contribution in [3.05, 3.63) is 46.6 Å². The van der Waals surface area contributed by atoms with Gasteiger partial charge in [-0.2, -0.15) is 0 Å². The number of ether oxygens (including phenoxy) is 1. The number of rotatable bonds is 7. The Bertz CT molecular complexity index is 591. The normalized spacial score (nSPS) is 11.8. The quantitative estimate of drug-likeness (QED) is 0.609. The van der Waals surface area contributed by atoms with Crippen molar-refractivity contribution in [1.29, 1.82) is 0 Å². The van der Waals surface area contributed by atoms with Gasteiger partial charge < -0.3 is 10.1 Å². The summed E-state index contributed by atoms with van der Waals surface area (Å²) in [6, 6.07) is 5.24. The Morgan fingerprint density at radius 2 is 2.25 bits per heavy atom. The Morgan fingerprint density at radius 3 is 3.00 bits per heavy atom. The zero-order valence-corrected chi connectivity index (χ0v) is 12.7. The van der Waals surface area contributed by atoms with Crippen molar-refractivity contribution in [3.8, 4) is 0 Å². The number of hydrogen-bond acceptors (Lipinski definition) is 3. The summed E-state index contributed by atoms with van der Waals surface area (Å²) in [6.45, 7) is 6.69. The van der Waals surface area contributed by atoms with Crippen LogP contribution in [0.4, 0.5) is 4.39 Å². The van der Waals surface area contributed by atoms with Crippen molar-refractivity contribution in [2.45, 2.75) is 27.0 Å². The van der Waals surface area contributed by atoms with Gasteiger partial charge in [0, 0.05) is 27.1 Å². The Kier molecular flexibility index (Phi) is 5.71. The van der Waals surface area contributed by atoms with Gasteiger partial charge in [0.05, 0.1) is 13.2 Å². The Morgan fingerprint density at radius 1 is 1.40 bits per heavy atom. The molecule has 1 aromatic heterocycles. The highest BCUT2D eigenvalue weighted by atomic mass is 32.1. The van der Waals surface area contributed by atoms with Crippen LogP contribution in [0, 0.1) is 5.82 Å². The van der Waals surface area contributed by atoms with Gasteiger partial charge in [-0.1, -0.05) is 25.1 Å². The van der Waals surface area contributed by atoms with E-state index in [2.05, 4.69) is 12.2 Å². The molecule has 1 heterocycles. The van der Waals surface area contributed by atoms with Crippen molar-refractivity contribution in [2.75, 3.05) is 13.2 Å². The predicted molar refractivity (Wildman–Crippen MR) is 83.6 cm³/mol. The van der Waals surface area contributed by atoms with E-state index in [4.69, 9.17) is 4.74 Å². The smallest absolute Gasteiger partial charge is 0.132 e. The molecule has 20 heavy (non-hydrogen) atoms. The van der Waals surface area contributed by atoms with Gasteiger partial charge in [-0.05, 0) is 25.6 Å².